The summed E-state index contributed by atoms with van der Waals surface area (Å²) >= 11 is 3.43. The molecule has 1 N–H and O–H groups in total. The maximum atomic E-state index is 12.7. The number of rotatable bonds is 8. The molecule has 34 heavy (non-hydrogen) atoms. The van der Waals surface area contributed by atoms with Gasteiger partial charge in [0, 0.05) is 4.47 Å². The molecule has 0 aliphatic heterocycles. The van der Waals surface area contributed by atoms with Gasteiger partial charge in [0.05, 0.1) is 26.0 Å². The molecule has 0 bridgehead atoms. The molecular formula is C27H23BrN2O4. The van der Waals surface area contributed by atoms with Gasteiger partial charge in [-0.25, -0.2) is 5.43 Å². The van der Waals surface area contributed by atoms with Gasteiger partial charge >= 0.3 is 0 Å². The minimum Gasteiger partial charge on any atom is -0.496 e. The lowest BCUT2D eigenvalue weighted by atomic mass is 10.1. The predicted molar refractivity (Wildman–Crippen MR) is 137 cm³/mol. The highest BCUT2D eigenvalue weighted by Crippen LogP contribution is 2.29. The van der Waals surface area contributed by atoms with Crippen LogP contribution in [0.1, 0.15) is 21.5 Å². The van der Waals surface area contributed by atoms with E-state index in [1.54, 1.807) is 25.5 Å². The third-order valence-corrected chi connectivity index (χ3v) is 5.72. The molecule has 0 unspecified atom stereocenters. The van der Waals surface area contributed by atoms with Crippen LogP contribution in [0.5, 0.6) is 17.2 Å². The first kappa shape index (κ1) is 23.3. The lowest BCUT2D eigenvalue weighted by Gasteiger charge is -2.11. The summed E-state index contributed by atoms with van der Waals surface area (Å²) in [5.74, 6) is 1.32. The number of nitrogens with zero attached hydrogens (tertiary/aromatic N) is 1. The molecule has 0 spiro atoms. The van der Waals surface area contributed by atoms with Crippen LogP contribution in [0.2, 0.25) is 0 Å². The Morgan fingerprint density at radius 1 is 0.882 bits per heavy atom. The minimum absolute atomic E-state index is 0.361. The van der Waals surface area contributed by atoms with Crippen molar-refractivity contribution in [2.75, 3.05) is 14.2 Å². The number of hydrazone groups is 1. The molecule has 0 radical (unpaired) electrons. The highest BCUT2D eigenvalue weighted by atomic mass is 79.9. The Kier molecular flexibility index (Phi) is 7.44. The first-order chi connectivity index (χ1) is 16.6. The van der Waals surface area contributed by atoms with Crippen LogP contribution in [0.15, 0.2) is 88.4 Å². The maximum absolute atomic E-state index is 12.7. The van der Waals surface area contributed by atoms with E-state index in [0.717, 1.165) is 26.4 Å². The molecule has 4 aromatic carbocycles. The van der Waals surface area contributed by atoms with Gasteiger partial charge in [0.1, 0.15) is 12.4 Å². The van der Waals surface area contributed by atoms with Crippen LogP contribution in [0.4, 0.5) is 0 Å². The van der Waals surface area contributed by atoms with Crippen LogP contribution < -0.4 is 19.6 Å². The molecule has 1 amide bonds. The van der Waals surface area contributed by atoms with Crippen molar-refractivity contribution < 1.29 is 19.0 Å². The van der Waals surface area contributed by atoms with E-state index < -0.39 is 0 Å². The molecule has 0 aliphatic carbocycles. The van der Waals surface area contributed by atoms with Gasteiger partial charge in [-0.05, 0) is 64.4 Å². The molecule has 4 aromatic rings. The van der Waals surface area contributed by atoms with Crippen molar-refractivity contribution in [2.24, 2.45) is 5.10 Å². The van der Waals surface area contributed by atoms with Gasteiger partial charge < -0.3 is 14.2 Å². The molecule has 0 aliphatic rings. The third kappa shape index (κ3) is 5.55. The van der Waals surface area contributed by atoms with Gasteiger partial charge in [-0.15, -0.1) is 0 Å². The van der Waals surface area contributed by atoms with Crippen LogP contribution in [-0.4, -0.2) is 26.3 Å². The Labute approximate surface area is 206 Å². The Morgan fingerprint density at radius 2 is 1.59 bits per heavy atom. The van der Waals surface area contributed by atoms with Crippen LogP contribution in [0, 0.1) is 0 Å². The second kappa shape index (κ2) is 10.9. The van der Waals surface area contributed by atoms with Crippen molar-refractivity contribution in [3.05, 3.63) is 100 Å². The minimum atomic E-state index is -0.361. The van der Waals surface area contributed by atoms with E-state index in [9.17, 15) is 4.79 Å². The fraction of sp³-hybridized carbons (Fsp3) is 0.111. The van der Waals surface area contributed by atoms with Crippen molar-refractivity contribution in [3.8, 4) is 17.2 Å². The number of ether oxygens (including phenoxy) is 3. The average Bonchev–Trinajstić information content (AvgIpc) is 2.87. The van der Waals surface area contributed by atoms with E-state index in [-0.39, 0.29) is 5.91 Å². The van der Waals surface area contributed by atoms with Gasteiger partial charge in [0.25, 0.3) is 5.91 Å². The fourth-order valence-corrected chi connectivity index (χ4v) is 3.68. The van der Waals surface area contributed by atoms with Crippen LogP contribution in [-0.2, 0) is 6.61 Å². The fourth-order valence-electron chi connectivity index (χ4n) is 3.42. The number of hydrogen-bond acceptors (Lipinski definition) is 5. The Hall–Kier alpha value is -3.84. The summed E-state index contributed by atoms with van der Waals surface area (Å²) in [6.07, 6.45) is 1.55. The quantitative estimate of drug-likeness (QED) is 0.230. The van der Waals surface area contributed by atoms with Crippen molar-refractivity contribution >= 4 is 38.8 Å². The summed E-state index contributed by atoms with van der Waals surface area (Å²) in [7, 11) is 3.12. The Morgan fingerprint density at radius 3 is 2.29 bits per heavy atom. The van der Waals surface area contributed by atoms with Crippen LogP contribution >= 0.6 is 15.9 Å². The molecule has 7 heteroatoms. The summed E-state index contributed by atoms with van der Waals surface area (Å²) in [5, 5.41) is 6.04. The number of halogens is 1. The van der Waals surface area contributed by atoms with E-state index in [1.165, 1.54) is 7.11 Å². The predicted octanol–water partition coefficient (Wildman–Crippen LogP) is 5.96. The smallest absolute Gasteiger partial charge is 0.275 e. The number of methoxy groups -OCH3 is 2. The third-order valence-electron chi connectivity index (χ3n) is 5.19. The first-order valence-corrected chi connectivity index (χ1v) is 11.3. The highest BCUT2D eigenvalue weighted by molar-refractivity contribution is 9.10. The lowest BCUT2D eigenvalue weighted by molar-refractivity contribution is 0.0952. The molecule has 0 heterocycles. The molecule has 0 fully saturated rings. The summed E-state index contributed by atoms with van der Waals surface area (Å²) in [4.78, 5) is 12.7. The second-order valence-electron chi connectivity index (χ2n) is 7.42. The van der Waals surface area contributed by atoms with Gasteiger partial charge in [-0.1, -0.05) is 52.3 Å². The van der Waals surface area contributed by atoms with E-state index in [1.807, 2.05) is 66.7 Å². The number of nitrogens with one attached hydrogen (secondary N) is 1. The van der Waals surface area contributed by atoms with Crippen molar-refractivity contribution in [2.45, 2.75) is 6.61 Å². The van der Waals surface area contributed by atoms with Crippen molar-refractivity contribution in [3.63, 3.8) is 0 Å². The molecule has 0 atom stereocenters. The van der Waals surface area contributed by atoms with Gasteiger partial charge in [-0.3, -0.25) is 4.79 Å². The molecule has 0 aromatic heterocycles. The second-order valence-corrected chi connectivity index (χ2v) is 8.34. The number of benzene rings is 4. The molecule has 6 nitrogen and oxygen atoms in total. The normalized spacial score (nSPS) is 10.9. The Balaban J connectivity index is 1.43. The number of hydrogen-bond donors (Lipinski definition) is 1. The molecular weight excluding hydrogens is 496 g/mol. The summed E-state index contributed by atoms with van der Waals surface area (Å²) in [6.45, 7) is 0.417. The number of fused-ring (bicyclic) bond motifs is 1. The van der Waals surface area contributed by atoms with E-state index in [0.29, 0.717) is 29.4 Å². The average molecular weight is 519 g/mol. The standard InChI is InChI=1S/C27H23BrN2O4/c1-32-25-15-21-6-4-3-5-20(21)14-23(25)27(31)30-29-16-19-9-12-24(26(13-19)33-2)34-17-18-7-10-22(28)11-8-18/h3-16H,17H2,1-2H3,(H,30,31)/b29-16-. The SMILES string of the molecule is COc1cc(/C=N\NC(=O)c2cc3ccccc3cc2OC)ccc1OCc1ccc(Br)cc1. The van der Waals surface area contributed by atoms with Crippen molar-refractivity contribution in [1.82, 2.24) is 5.43 Å². The zero-order chi connectivity index (χ0) is 23.9. The van der Waals surface area contributed by atoms with E-state index in [4.69, 9.17) is 14.2 Å². The molecule has 0 saturated heterocycles. The first-order valence-electron chi connectivity index (χ1n) is 10.5. The molecule has 172 valence electrons. The largest absolute Gasteiger partial charge is 0.496 e. The maximum Gasteiger partial charge on any atom is 0.275 e. The van der Waals surface area contributed by atoms with Gasteiger partial charge in [0.15, 0.2) is 11.5 Å². The zero-order valence-electron chi connectivity index (χ0n) is 18.7. The summed E-state index contributed by atoms with van der Waals surface area (Å²) in [6, 6.07) is 24.8. The summed E-state index contributed by atoms with van der Waals surface area (Å²) < 4.78 is 17.8. The number of carbonyl (C=O) groups is 1. The molecule has 4 rings (SSSR count). The number of amides is 1. The Bertz CT molecular complexity index is 1340. The highest BCUT2D eigenvalue weighted by Gasteiger charge is 2.13. The lowest BCUT2D eigenvalue weighted by Crippen LogP contribution is -2.18. The van der Waals surface area contributed by atoms with Crippen molar-refractivity contribution in [1.29, 1.82) is 0 Å². The van der Waals surface area contributed by atoms with Crippen LogP contribution in [0.25, 0.3) is 10.8 Å². The van der Waals surface area contributed by atoms with Crippen LogP contribution in [0.3, 0.4) is 0 Å². The van der Waals surface area contributed by atoms with E-state index >= 15 is 0 Å². The monoisotopic (exact) mass is 518 g/mol. The number of carbonyl (C=O) groups excluding carboxylic acids is 1. The topological polar surface area (TPSA) is 69.2 Å². The van der Waals surface area contributed by atoms with E-state index in [2.05, 4.69) is 26.5 Å². The van der Waals surface area contributed by atoms with Gasteiger partial charge in [0.2, 0.25) is 0 Å². The summed E-state index contributed by atoms with van der Waals surface area (Å²) in [5.41, 5.74) is 4.77. The molecule has 0 saturated carbocycles. The van der Waals surface area contributed by atoms with Gasteiger partial charge in [-0.2, -0.15) is 5.10 Å². The zero-order valence-corrected chi connectivity index (χ0v) is 20.3.